The molecule has 1 saturated heterocycles. The molecular formula is C19H31IN8S. The van der Waals surface area contributed by atoms with Gasteiger partial charge in [0.25, 0.3) is 0 Å². The van der Waals surface area contributed by atoms with Gasteiger partial charge in [-0.1, -0.05) is 6.92 Å². The van der Waals surface area contributed by atoms with Crippen LogP contribution in [0.3, 0.4) is 0 Å². The Morgan fingerprint density at radius 3 is 2.52 bits per heavy atom. The SMILES string of the molecule is CCNC(=NCc1ncc(CC)s1)NCCN1CCN(c2ncccn2)CC1.I. The molecule has 1 aliphatic heterocycles. The predicted molar refractivity (Wildman–Crippen MR) is 130 cm³/mol. The zero-order valence-corrected chi connectivity index (χ0v) is 20.3. The summed E-state index contributed by atoms with van der Waals surface area (Å²) in [5.41, 5.74) is 0. The highest BCUT2D eigenvalue weighted by Crippen LogP contribution is 2.14. The summed E-state index contributed by atoms with van der Waals surface area (Å²) in [4.78, 5) is 23.8. The highest BCUT2D eigenvalue weighted by Gasteiger charge is 2.18. The third-order valence-electron chi connectivity index (χ3n) is 4.59. The molecule has 3 rings (SSSR count). The number of nitrogens with one attached hydrogen (secondary N) is 2. The standard InChI is InChI=1S/C19H30N8S.HI/c1-3-16-14-24-17(28-16)15-25-18(20-4-2)21-8-9-26-10-12-27(13-11-26)19-22-6-5-7-23-19;/h5-7,14H,3-4,8-13,15H2,1-2H3,(H2,20,21,25);1H. The van der Waals surface area contributed by atoms with Crippen molar-refractivity contribution in [3.8, 4) is 0 Å². The minimum atomic E-state index is 0. The summed E-state index contributed by atoms with van der Waals surface area (Å²) in [5.74, 6) is 1.68. The number of rotatable bonds is 8. The van der Waals surface area contributed by atoms with Crippen molar-refractivity contribution in [2.45, 2.75) is 26.8 Å². The predicted octanol–water partition coefficient (Wildman–Crippen LogP) is 1.99. The van der Waals surface area contributed by atoms with E-state index in [2.05, 4.69) is 54.2 Å². The Labute approximate surface area is 194 Å². The fourth-order valence-corrected chi connectivity index (χ4v) is 3.82. The largest absolute Gasteiger partial charge is 0.357 e. The van der Waals surface area contributed by atoms with E-state index in [4.69, 9.17) is 0 Å². The Balaban J connectivity index is 0.00000300. The number of anilines is 1. The maximum Gasteiger partial charge on any atom is 0.225 e. The van der Waals surface area contributed by atoms with Gasteiger partial charge in [-0.25, -0.2) is 19.9 Å². The fourth-order valence-electron chi connectivity index (χ4n) is 3.03. The average molecular weight is 530 g/mol. The van der Waals surface area contributed by atoms with Crippen molar-refractivity contribution >= 4 is 47.2 Å². The molecule has 0 aliphatic carbocycles. The average Bonchev–Trinajstić information content (AvgIpc) is 3.21. The van der Waals surface area contributed by atoms with E-state index in [1.54, 1.807) is 23.7 Å². The Bertz CT molecular complexity index is 731. The van der Waals surface area contributed by atoms with Gasteiger partial charge in [-0.05, 0) is 19.4 Å². The Morgan fingerprint density at radius 1 is 1.10 bits per heavy atom. The van der Waals surface area contributed by atoms with Gasteiger partial charge in [0.1, 0.15) is 5.01 Å². The van der Waals surface area contributed by atoms with Crippen molar-refractivity contribution in [3.63, 3.8) is 0 Å². The minimum absolute atomic E-state index is 0. The van der Waals surface area contributed by atoms with Crippen LogP contribution >= 0.6 is 35.3 Å². The van der Waals surface area contributed by atoms with Crippen LogP contribution in [0.1, 0.15) is 23.7 Å². The zero-order valence-electron chi connectivity index (χ0n) is 17.2. The van der Waals surface area contributed by atoms with Crippen molar-refractivity contribution < 1.29 is 0 Å². The van der Waals surface area contributed by atoms with Crippen molar-refractivity contribution in [3.05, 3.63) is 34.5 Å². The number of aryl methyl sites for hydroxylation is 1. The third-order valence-corrected chi connectivity index (χ3v) is 5.72. The molecule has 10 heteroatoms. The van der Waals surface area contributed by atoms with Crippen LogP contribution in [0.2, 0.25) is 0 Å². The number of hydrogen-bond donors (Lipinski definition) is 2. The fraction of sp³-hybridized carbons (Fsp3) is 0.579. The number of piperazine rings is 1. The normalized spacial score (nSPS) is 15.1. The molecule has 0 spiro atoms. The topological polar surface area (TPSA) is 81.6 Å². The van der Waals surface area contributed by atoms with Crippen LogP contribution in [-0.2, 0) is 13.0 Å². The second-order valence-electron chi connectivity index (χ2n) is 6.57. The van der Waals surface area contributed by atoms with Crippen LogP contribution in [0.15, 0.2) is 29.6 Å². The summed E-state index contributed by atoms with van der Waals surface area (Å²) in [6.07, 6.45) is 6.59. The Kier molecular flexibility index (Phi) is 10.6. The molecule has 160 valence electrons. The van der Waals surface area contributed by atoms with Gasteiger partial charge >= 0.3 is 0 Å². The maximum absolute atomic E-state index is 4.66. The second kappa shape index (κ2) is 12.9. The van der Waals surface area contributed by atoms with Crippen LogP contribution < -0.4 is 15.5 Å². The maximum atomic E-state index is 4.66. The lowest BCUT2D eigenvalue weighted by atomic mass is 10.3. The summed E-state index contributed by atoms with van der Waals surface area (Å²) in [7, 11) is 0. The molecule has 8 nitrogen and oxygen atoms in total. The first-order valence-corrected chi connectivity index (χ1v) is 10.8. The zero-order chi connectivity index (χ0) is 19.6. The molecule has 1 fully saturated rings. The first-order chi connectivity index (χ1) is 13.8. The number of halogens is 1. The lowest BCUT2D eigenvalue weighted by Crippen LogP contribution is -2.49. The van der Waals surface area contributed by atoms with E-state index >= 15 is 0 Å². The molecule has 2 N–H and O–H groups in total. The monoisotopic (exact) mass is 530 g/mol. The van der Waals surface area contributed by atoms with E-state index in [9.17, 15) is 0 Å². The Hall–Kier alpha value is -1.53. The first kappa shape index (κ1) is 23.7. The van der Waals surface area contributed by atoms with E-state index in [0.29, 0.717) is 6.54 Å². The molecule has 0 unspecified atom stereocenters. The Morgan fingerprint density at radius 2 is 1.86 bits per heavy atom. The minimum Gasteiger partial charge on any atom is -0.357 e. The van der Waals surface area contributed by atoms with Crippen LogP contribution in [0.4, 0.5) is 5.95 Å². The number of guanidine groups is 1. The van der Waals surface area contributed by atoms with Crippen LogP contribution in [0.5, 0.6) is 0 Å². The molecule has 3 heterocycles. The van der Waals surface area contributed by atoms with Crippen molar-refractivity contribution in [2.75, 3.05) is 50.7 Å². The summed E-state index contributed by atoms with van der Waals surface area (Å²) in [5, 5.41) is 7.81. The lowest BCUT2D eigenvalue weighted by Gasteiger charge is -2.34. The number of aliphatic imine (C=N–C) groups is 1. The summed E-state index contributed by atoms with van der Waals surface area (Å²) >= 11 is 1.74. The number of aromatic nitrogens is 3. The summed E-state index contributed by atoms with van der Waals surface area (Å²) in [6.45, 7) is 11.5. The van der Waals surface area contributed by atoms with Gasteiger partial charge in [0.2, 0.25) is 5.95 Å². The molecule has 0 aromatic carbocycles. The molecule has 0 amide bonds. The van der Waals surface area contributed by atoms with E-state index in [1.807, 2.05) is 12.3 Å². The van der Waals surface area contributed by atoms with Crippen molar-refractivity contribution in [1.82, 2.24) is 30.5 Å². The quantitative estimate of drug-likeness (QED) is 0.307. The highest BCUT2D eigenvalue weighted by molar-refractivity contribution is 14.0. The molecule has 2 aromatic heterocycles. The molecule has 0 bridgehead atoms. The number of nitrogens with zero attached hydrogens (tertiary/aromatic N) is 6. The van der Waals surface area contributed by atoms with Gasteiger partial charge in [-0.2, -0.15) is 0 Å². The number of hydrogen-bond acceptors (Lipinski definition) is 7. The summed E-state index contributed by atoms with van der Waals surface area (Å²) < 4.78 is 0. The van der Waals surface area contributed by atoms with Crippen LogP contribution in [-0.4, -0.2) is 71.6 Å². The smallest absolute Gasteiger partial charge is 0.225 e. The van der Waals surface area contributed by atoms with Gasteiger partial charge in [-0.15, -0.1) is 35.3 Å². The summed E-state index contributed by atoms with van der Waals surface area (Å²) in [6, 6.07) is 1.85. The van der Waals surface area contributed by atoms with Gasteiger partial charge in [-0.3, -0.25) is 4.90 Å². The second-order valence-corrected chi connectivity index (χ2v) is 7.77. The van der Waals surface area contributed by atoms with Gasteiger partial charge in [0.05, 0.1) is 6.54 Å². The highest BCUT2D eigenvalue weighted by atomic mass is 127. The van der Waals surface area contributed by atoms with Crippen LogP contribution in [0, 0.1) is 0 Å². The molecule has 0 atom stereocenters. The van der Waals surface area contributed by atoms with Gasteiger partial charge in [0.15, 0.2) is 5.96 Å². The molecular weight excluding hydrogens is 499 g/mol. The van der Waals surface area contributed by atoms with Gasteiger partial charge < -0.3 is 15.5 Å². The van der Waals surface area contributed by atoms with Crippen LogP contribution in [0.25, 0.3) is 0 Å². The molecule has 0 saturated carbocycles. The molecule has 0 radical (unpaired) electrons. The lowest BCUT2D eigenvalue weighted by molar-refractivity contribution is 0.260. The van der Waals surface area contributed by atoms with E-state index in [0.717, 1.165) is 69.1 Å². The molecule has 29 heavy (non-hydrogen) atoms. The molecule has 1 aliphatic rings. The van der Waals surface area contributed by atoms with E-state index in [-0.39, 0.29) is 24.0 Å². The van der Waals surface area contributed by atoms with E-state index < -0.39 is 0 Å². The first-order valence-electron chi connectivity index (χ1n) is 9.98. The van der Waals surface area contributed by atoms with Gasteiger partial charge in [0, 0.05) is 69.3 Å². The third kappa shape index (κ3) is 7.67. The number of thiazole rings is 1. The molecule has 2 aromatic rings. The van der Waals surface area contributed by atoms with Crippen molar-refractivity contribution in [2.24, 2.45) is 4.99 Å². The van der Waals surface area contributed by atoms with Crippen molar-refractivity contribution in [1.29, 1.82) is 0 Å². The van der Waals surface area contributed by atoms with E-state index in [1.165, 1.54) is 4.88 Å².